The molecule has 2 aromatic heterocycles. The Morgan fingerprint density at radius 2 is 1.85 bits per heavy atom. The number of nitrogen functional groups attached to an aromatic ring is 1. The first-order chi connectivity index (χ1) is 19.0. The summed E-state index contributed by atoms with van der Waals surface area (Å²) in [5.41, 5.74) is 7.64. The van der Waals surface area contributed by atoms with E-state index in [1.807, 2.05) is 54.6 Å². The first kappa shape index (κ1) is 24.4. The molecule has 2 aliphatic rings. The number of nitrogens with two attached hydrogens (primary N) is 1. The standard InChI is InChI=1S/C29H27N7O3/c1-31-23(16-18-9-10-18)29(38)35-15-5-6-20(17-35)36-26-24(27(30)32-33-28(26)37)25(34-36)19-11-13-22(14-12-19)39-21-7-3-2-4-8-21/h2-4,7-8,11-14,16,18,20H,5-6,9-10,15,17H2,(H2,30,32)(H,33,37)/b23-16-/t20-/m1/s1. The minimum atomic E-state index is -0.402. The number of nitrogens with zero attached hydrogens (tertiary/aromatic N) is 5. The van der Waals surface area contributed by atoms with Gasteiger partial charge in [0.05, 0.1) is 18.0 Å². The Bertz CT molecular complexity index is 1660. The summed E-state index contributed by atoms with van der Waals surface area (Å²) in [7, 11) is 0. The number of nitrogens with one attached hydrogen (secondary N) is 1. The van der Waals surface area contributed by atoms with Crippen LogP contribution in [0, 0.1) is 12.5 Å². The Hall–Kier alpha value is -4.91. The van der Waals surface area contributed by atoms with Gasteiger partial charge in [0.2, 0.25) is 5.70 Å². The Kier molecular flexibility index (Phi) is 6.32. The fraction of sp³-hybridized carbons (Fsp3) is 0.276. The molecule has 0 bridgehead atoms. The number of likely N-dealkylation sites (tertiary alicyclic amines) is 1. The van der Waals surface area contributed by atoms with Gasteiger partial charge in [-0.05, 0) is 68.0 Å². The van der Waals surface area contributed by atoms with E-state index in [0.29, 0.717) is 41.4 Å². The van der Waals surface area contributed by atoms with E-state index in [-0.39, 0.29) is 23.5 Å². The van der Waals surface area contributed by atoms with Crippen molar-refractivity contribution >= 4 is 22.6 Å². The Balaban J connectivity index is 1.34. The van der Waals surface area contributed by atoms with Crippen molar-refractivity contribution in [1.29, 1.82) is 0 Å². The SMILES string of the molecule is [C-]#[N+]/C(=C\C1CC1)C(=O)N1CCC[C@@H](n2nc(-c3ccc(Oc4ccccc4)cc3)c3c(N)n[nH]c(=O)c32)C1. The number of carbonyl (C=O) groups excluding carboxylic acids is 1. The van der Waals surface area contributed by atoms with Crippen LogP contribution in [0.4, 0.5) is 5.82 Å². The van der Waals surface area contributed by atoms with Gasteiger partial charge < -0.3 is 15.4 Å². The average molecular weight is 522 g/mol. The van der Waals surface area contributed by atoms with Crippen molar-refractivity contribution < 1.29 is 9.53 Å². The summed E-state index contributed by atoms with van der Waals surface area (Å²) >= 11 is 0. The number of amides is 1. The quantitative estimate of drug-likeness (QED) is 0.284. The van der Waals surface area contributed by atoms with Crippen molar-refractivity contribution in [3.63, 3.8) is 0 Å². The van der Waals surface area contributed by atoms with E-state index in [1.165, 1.54) is 0 Å². The fourth-order valence-corrected chi connectivity index (χ4v) is 5.03. The van der Waals surface area contributed by atoms with Gasteiger partial charge in [0.15, 0.2) is 5.82 Å². The second-order valence-electron chi connectivity index (χ2n) is 9.94. The van der Waals surface area contributed by atoms with E-state index < -0.39 is 5.56 Å². The summed E-state index contributed by atoms with van der Waals surface area (Å²) in [5, 5.41) is 11.8. The molecule has 196 valence electrons. The zero-order chi connectivity index (χ0) is 26.9. The Morgan fingerprint density at radius 3 is 2.56 bits per heavy atom. The highest BCUT2D eigenvalue weighted by Gasteiger charge is 2.31. The molecule has 3 N–H and O–H groups in total. The molecular weight excluding hydrogens is 494 g/mol. The summed E-state index contributed by atoms with van der Waals surface area (Å²) in [6.45, 7) is 8.40. The van der Waals surface area contributed by atoms with Crippen molar-refractivity contribution in [1.82, 2.24) is 24.9 Å². The van der Waals surface area contributed by atoms with E-state index in [2.05, 4.69) is 15.0 Å². The van der Waals surface area contributed by atoms with E-state index in [9.17, 15) is 9.59 Å². The van der Waals surface area contributed by atoms with Crippen LogP contribution in [-0.2, 0) is 4.79 Å². The zero-order valence-corrected chi connectivity index (χ0v) is 21.2. The van der Waals surface area contributed by atoms with Crippen molar-refractivity contribution in [3.05, 3.63) is 88.1 Å². The van der Waals surface area contributed by atoms with Crippen LogP contribution >= 0.6 is 0 Å². The van der Waals surface area contributed by atoms with Gasteiger partial charge in [0.1, 0.15) is 22.7 Å². The molecule has 1 saturated carbocycles. The maximum Gasteiger partial charge on any atom is 0.290 e. The third-order valence-corrected chi connectivity index (χ3v) is 7.15. The average Bonchev–Trinajstić information content (AvgIpc) is 3.70. The number of H-pyrrole nitrogens is 1. The topological polar surface area (TPSA) is 123 Å². The van der Waals surface area contributed by atoms with Crippen LogP contribution in [0.2, 0.25) is 0 Å². The second-order valence-corrected chi connectivity index (χ2v) is 9.94. The lowest BCUT2D eigenvalue weighted by Gasteiger charge is -2.33. The van der Waals surface area contributed by atoms with Gasteiger partial charge in [-0.15, -0.1) is 0 Å². The minimum absolute atomic E-state index is 0.168. The predicted octanol–water partition coefficient (Wildman–Crippen LogP) is 4.54. The lowest BCUT2D eigenvalue weighted by Crippen LogP contribution is -2.41. The summed E-state index contributed by atoms with van der Waals surface area (Å²) in [6.07, 6.45) is 5.29. The van der Waals surface area contributed by atoms with Crippen LogP contribution < -0.4 is 16.0 Å². The number of aromatic amines is 1. The van der Waals surface area contributed by atoms with Crippen molar-refractivity contribution in [2.45, 2.75) is 31.7 Å². The third-order valence-electron chi connectivity index (χ3n) is 7.15. The highest BCUT2D eigenvalue weighted by Crippen LogP contribution is 2.35. The zero-order valence-electron chi connectivity index (χ0n) is 21.2. The lowest BCUT2D eigenvalue weighted by atomic mass is 10.0. The van der Waals surface area contributed by atoms with Gasteiger partial charge in [-0.2, -0.15) is 10.2 Å². The Labute approximate surface area is 224 Å². The van der Waals surface area contributed by atoms with Gasteiger partial charge in [0.25, 0.3) is 11.5 Å². The second kappa shape index (κ2) is 10.1. The largest absolute Gasteiger partial charge is 0.457 e. The number of carbonyl (C=O) groups is 1. The highest BCUT2D eigenvalue weighted by atomic mass is 16.5. The molecule has 1 amide bonds. The fourth-order valence-electron chi connectivity index (χ4n) is 5.03. The number of aromatic nitrogens is 4. The van der Waals surface area contributed by atoms with Crippen LogP contribution in [-0.4, -0.2) is 43.9 Å². The molecule has 0 spiro atoms. The number of piperidine rings is 1. The molecule has 0 radical (unpaired) electrons. The smallest absolute Gasteiger partial charge is 0.290 e. The van der Waals surface area contributed by atoms with Gasteiger partial charge in [-0.3, -0.25) is 14.3 Å². The summed E-state index contributed by atoms with van der Waals surface area (Å²) in [5.74, 6) is 1.62. The third kappa shape index (κ3) is 4.86. The number of rotatable bonds is 6. The first-order valence-corrected chi connectivity index (χ1v) is 13.0. The molecule has 1 aliphatic heterocycles. The first-order valence-electron chi connectivity index (χ1n) is 13.0. The van der Waals surface area contributed by atoms with Crippen LogP contribution in [0.5, 0.6) is 11.5 Å². The van der Waals surface area contributed by atoms with Crippen molar-refractivity contribution in [2.75, 3.05) is 18.8 Å². The number of hydrogen-bond donors (Lipinski definition) is 2. The molecule has 39 heavy (non-hydrogen) atoms. The molecule has 0 unspecified atom stereocenters. The number of ether oxygens (including phenoxy) is 1. The minimum Gasteiger partial charge on any atom is -0.457 e. The maximum absolute atomic E-state index is 13.1. The molecule has 4 aromatic rings. The van der Waals surface area contributed by atoms with E-state index in [4.69, 9.17) is 22.1 Å². The molecule has 10 heteroatoms. The van der Waals surface area contributed by atoms with Gasteiger partial charge in [0, 0.05) is 18.7 Å². The van der Waals surface area contributed by atoms with Crippen LogP contribution in [0.15, 0.2) is 71.2 Å². The molecule has 10 nitrogen and oxygen atoms in total. The number of anilines is 1. The molecule has 1 atom stereocenters. The molecular formula is C29H27N7O3. The van der Waals surface area contributed by atoms with Crippen molar-refractivity contribution in [2.24, 2.45) is 5.92 Å². The molecule has 1 aliphatic carbocycles. The summed E-state index contributed by atoms with van der Waals surface area (Å²) < 4.78 is 7.59. The van der Waals surface area contributed by atoms with Crippen LogP contribution in [0.25, 0.3) is 27.0 Å². The summed E-state index contributed by atoms with van der Waals surface area (Å²) in [6, 6.07) is 16.6. The maximum atomic E-state index is 13.1. The lowest BCUT2D eigenvalue weighted by molar-refractivity contribution is -0.128. The number of fused-ring (bicyclic) bond motifs is 1. The van der Waals surface area contributed by atoms with Crippen LogP contribution in [0.1, 0.15) is 31.7 Å². The predicted molar refractivity (Wildman–Crippen MR) is 147 cm³/mol. The monoisotopic (exact) mass is 521 g/mol. The molecule has 3 heterocycles. The number of benzene rings is 2. The highest BCUT2D eigenvalue weighted by molar-refractivity contribution is 5.99. The van der Waals surface area contributed by atoms with E-state index in [1.54, 1.807) is 15.7 Å². The summed E-state index contributed by atoms with van der Waals surface area (Å²) in [4.78, 5) is 31.4. The van der Waals surface area contributed by atoms with E-state index >= 15 is 0 Å². The number of para-hydroxylation sites is 1. The van der Waals surface area contributed by atoms with Gasteiger partial charge in [-0.1, -0.05) is 24.3 Å². The van der Waals surface area contributed by atoms with Gasteiger partial charge >= 0.3 is 0 Å². The number of hydrogen-bond acceptors (Lipinski definition) is 6. The molecule has 2 fully saturated rings. The van der Waals surface area contributed by atoms with Gasteiger partial charge in [-0.25, -0.2) is 9.94 Å². The Morgan fingerprint density at radius 1 is 1.10 bits per heavy atom. The molecule has 1 saturated heterocycles. The van der Waals surface area contributed by atoms with Crippen LogP contribution in [0.3, 0.4) is 0 Å². The molecule has 6 rings (SSSR count). The number of allylic oxidation sites excluding steroid dienone is 1. The normalized spacial score (nSPS) is 17.7. The molecule has 2 aromatic carbocycles. The van der Waals surface area contributed by atoms with Crippen molar-refractivity contribution in [3.8, 4) is 22.8 Å². The van der Waals surface area contributed by atoms with E-state index in [0.717, 1.165) is 37.0 Å².